The monoisotopic (exact) mass is 388 g/mol. The van der Waals surface area contributed by atoms with Crippen LogP contribution in [-0.2, 0) is 0 Å². The molecule has 18 heavy (non-hydrogen) atoms. The van der Waals surface area contributed by atoms with Crippen LogP contribution in [0, 0.1) is 0 Å². The Kier molecular flexibility index (Phi) is 3.40. The summed E-state index contributed by atoms with van der Waals surface area (Å²) in [7, 11) is 1.56. The van der Waals surface area contributed by atoms with E-state index in [0.717, 1.165) is 22.3 Å². The molecule has 0 saturated carbocycles. The van der Waals surface area contributed by atoms with Crippen molar-refractivity contribution in [1.29, 1.82) is 0 Å². The largest absolute Gasteiger partial charge is 0.266 e. The highest BCUT2D eigenvalue weighted by Crippen LogP contribution is 2.34. The summed E-state index contributed by atoms with van der Waals surface area (Å²) < 4.78 is 1.96. The molecule has 3 rings (SSSR count). The first kappa shape index (κ1) is 12.2. The molecule has 0 aliphatic rings. The lowest BCUT2D eigenvalue weighted by Gasteiger charge is -2.04. The SMILES string of the molecule is Clc1c(-c2ccncn2)cnc2c1ccn2SI. The third kappa shape index (κ3) is 1.98. The minimum Gasteiger partial charge on any atom is -0.266 e. The van der Waals surface area contributed by atoms with Gasteiger partial charge in [0.25, 0.3) is 0 Å². The molecular formula is C11H6ClIN4S. The standard InChI is InChI=1S/C11H6ClIN4S/c12-10-7-2-4-17(18-13)11(7)15-5-8(10)9-1-3-14-6-16-9/h1-6H. The van der Waals surface area contributed by atoms with Crippen molar-refractivity contribution in [2.75, 3.05) is 0 Å². The van der Waals surface area contributed by atoms with Crippen molar-refractivity contribution in [1.82, 2.24) is 18.9 Å². The molecule has 90 valence electrons. The second-order valence-corrected chi connectivity index (χ2v) is 5.62. The Balaban J connectivity index is 2.24. The van der Waals surface area contributed by atoms with Crippen LogP contribution in [0.15, 0.2) is 37.1 Å². The number of fused-ring (bicyclic) bond motifs is 1. The summed E-state index contributed by atoms with van der Waals surface area (Å²) >= 11 is 8.63. The number of hydrogen-bond donors (Lipinski definition) is 0. The van der Waals surface area contributed by atoms with E-state index < -0.39 is 0 Å². The summed E-state index contributed by atoms with van der Waals surface area (Å²) in [5, 5.41) is 1.60. The van der Waals surface area contributed by atoms with E-state index in [2.05, 4.69) is 36.2 Å². The summed E-state index contributed by atoms with van der Waals surface area (Å²) in [5.74, 6) is 0. The second kappa shape index (κ2) is 5.02. The average molecular weight is 389 g/mol. The molecule has 0 spiro atoms. The first-order chi connectivity index (χ1) is 8.81. The number of halogens is 2. The molecule has 0 fully saturated rings. The van der Waals surface area contributed by atoms with E-state index in [1.54, 1.807) is 21.5 Å². The number of hydrogen-bond acceptors (Lipinski definition) is 4. The molecule has 3 heterocycles. The fourth-order valence-electron chi connectivity index (χ4n) is 1.72. The third-order valence-corrected chi connectivity index (χ3v) is 4.67. The van der Waals surface area contributed by atoms with Gasteiger partial charge in [0.2, 0.25) is 0 Å². The van der Waals surface area contributed by atoms with Crippen LogP contribution in [0.2, 0.25) is 5.02 Å². The van der Waals surface area contributed by atoms with Crippen LogP contribution >= 0.6 is 41.9 Å². The molecule has 7 heteroatoms. The zero-order valence-corrected chi connectivity index (χ0v) is 12.6. The van der Waals surface area contributed by atoms with Crippen molar-refractivity contribution >= 4 is 53.0 Å². The predicted molar refractivity (Wildman–Crippen MR) is 82.8 cm³/mol. The Morgan fingerprint density at radius 3 is 2.89 bits per heavy atom. The predicted octanol–water partition coefficient (Wildman–Crippen LogP) is 3.99. The minimum absolute atomic E-state index is 0.669. The Hall–Kier alpha value is -0.860. The zero-order chi connectivity index (χ0) is 12.5. The molecule has 0 bridgehead atoms. The van der Waals surface area contributed by atoms with Crippen LogP contribution in [0.5, 0.6) is 0 Å². The molecule has 0 aliphatic carbocycles. The fourth-order valence-corrected chi connectivity index (χ4v) is 3.28. The summed E-state index contributed by atoms with van der Waals surface area (Å²) in [5.41, 5.74) is 2.46. The van der Waals surface area contributed by atoms with E-state index in [4.69, 9.17) is 11.6 Å². The van der Waals surface area contributed by atoms with E-state index in [1.807, 2.05) is 22.3 Å². The van der Waals surface area contributed by atoms with Gasteiger partial charge in [-0.05, 0) is 12.1 Å². The van der Waals surface area contributed by atoms with Crippen LogP contribution in [0.25, 0.3) is 22.3 Å². The Bertz CT molecular complexity index is 701. The molecule has 0 N–H and O–H groups in total. The quantitative estimate of drug-likeness (QED) is 0.623. The summed E-state index contributed by atoms with van der Waals surface area (Å²) in [6.45, 7) is 0. The molecular weight excluding hydrogens is 383 g/mol. The van der Waals surface area contributed by atoms with Gasteiger partial charge in [0.1, 0.15) is 6.33 Å². The van der Waals surface area contributed by atoms with Crippen LogP contribution in [0.1, 0.15) is 0 Å². The molecule has 0 amide bonds. The summed E-state index contributed by atoms with van der Waals surface area (Å²) in [4.78, 5) is 12.5. The number of pyridine rings is 1. The molecule has 3 aromatic rings. The van der Waals surface area contributed by atoms with Gasteiger partial charge in [-0.2, -0.15) is 0 Å². The number of nitrogens with zero attached hydrogens (tertiary/aromatic N) is 4. The van der Waals surface area contributed by atoms with Gasteiger partial charge < -0.3 is 0 Å². The normalized spacial score (nSPS) is 11.0. The molecule has 0 aromatic carbocycles. The van der Waals surface area contributed by atoms with Gasteiger partial charge in [0, 0.05) is 59.9 Å². The average Bonchev–Trinajstić information content (AvgIpc) is 2.84. The van der Waals surface area contributed by atoms with Gasteiger partial charge in [-0.15, -0.1) is 0 Å². The highest BCUT2D eigenvalue weighted by Gasteiger charge is 2.12. The number of rotatable bonds is 2. The van der Waals surface area contributed by atoms with Gasteiger partial charge in [-0.1, -0.05) is 11.6 Å². The summed E-state index contributed by atoms with van der Waals surface area (Å²) in [6, 6.07) is 3.78. The molecule has 0 atom stereocenters. The van der Waals surface area contributed by atoms with E-state index in [0.29, 0.717) is 5.02 Å². The van der Waals surface area contributed by atoms with E-state index >= 15 is 0 Å². The maximum Gasteiger partial charge on any atom is 0.152 e. The Labute approximate surface area is 125 Å². The highest BCUT2D eigenvalue weighted by atomic mass is 127. The number of aromatic nitrogens is 4. The maximum absolute atomic E-state index is 6.42. The minimum atomic E-state index is 0.669. The van der Waals surface area contributed by atoms with E-state index in [-0.39, 0.29) is 0 Å². The molecule has 0 radical (unpaired) electrons. The maximum atomic E-state index is 6.42. The van der Waals surface area contributed by atoms with Gasteiger partial charge in [-0.25, -0.2) is 15.0 Å². The highest BCUT2D eigenvalue weighted by molar-refractivity contribution is 14.2. The van der Waals surface area contributed by atoms with Crippen molar-refractivity contribution < 1.29 is 0 Å². The lowest BCUT2D eigenvalue weighted by atomic mass is 10.2. The van der Waals surface area contributed by atoms with Gasteiger partial charge >= 0.3 is 0 Å². The van der Waals surface area contributed by atoms with E-state index in [1.165, 1.54) is 6.33 Å². The molecule has 3 aromatic heterocycles. The fraction of sp³-hybridized carbons (Fsp3) is 0. The topological polar surface area (TPSA) is 43.6 Å². The van der Waals surface area contributed by atoms with Gasteiger partial charge in [0.15, 0.2) is 5.65 Å². The molecule has 4 nitrogen and oxygen atoms in total. The lowest BCUT2D eigenvalue weighted by molar-refractivity contribution is 1.17. The van der Waals surface area contributed by atoms with Crippen LogP contribution < -0.4 is 0 Å². The second-order valence-electron chi connectivity index (χ2n) is 3.53. The first-order valence-electron chi connectivity index (χ1n) is 5.02. The first-order valence-corrected chi connectivity index (χ1v) is 8.71. The Morgan fingerprint density at radius 1 is 1.28 bits per heavy atom. The third-order valence-electron chi connectivity index (χ3n) is 2.55. The van der Waals surface area contributed by atoms with Crippen molar-refractivity contribution in [3.05, 3.63) is 42.1 Å². The van der Waals surface area contributed by atoms with Crippen LogP contribution in [-0.4, -0.2) is 18.9 Å². The van der Waals surface area contributed by atoms with Crippen molar-refractivity contribution in [2.24, 2.45) is 0 Å². The van der Waals surface area contributed by atoms with Crippen molar-refractivity contribution in [3.63, 3.8) is 0 Å². The van der Waals surface area contributed by atoms with E-state index in [9.17, 15) is 0 Å². The smallest absolute Gasteiger partial charge is 0.152 e. The molecule has 0 saturated heterocycles. The lowest BCUT2D eigenvalue weighted by Crippen LogP contribution is -1.89. The summed E-state index contributed by atoms with van der Waals surface area (Å²) in [6.07, 6.45) is 6.89. The van der Waals surface area contributed by atoms with Crippen LogP contribution in [0.3, 0.4) is 0 Å². The Morgan fingerprint density at radius 2 is 2.17 bits per heavy atom. The van der Waals surface area contributed by atoms with Gasteiger partial charge in [-0.3, -0.25) is 3.97 Å². The molecule has 0 unspecified atom stereocenters. The molecule has 0 aliphatic heterocycles. The zero-order valence-electron chi connectivity index (χ0n) is 8.92. The van der Waals surface area contributed by atoms with Crippen molar-refractivity contribution in [3.8, 4) is 11.3 Å². The van der Waals surface area contributed by atoms with Crippen molar-refractivity contribution in [2.45, 2.75) is 0 Å². The van der Waals surface area contributed by atoms with Gasteiger partial charge in [0.05, 0.1) is 10.7 Å². The van der Waals surface area contributed by atoms with Crippen LogP contribution in [0.4, 0.5) is 0 Å².